The predicted octanol–water partition coefficient (Wildman–Crippen LogP) is 2.99. The van der Waals surface area contributed by atoms with Gasteiger partial charge in [0.05, 0.1) is 35.9 Å². The lowest BCUT2D eigenvalue weighted by Crippen LogP contribution is -2.48. The van der Waals surface area contributed by atoms with E-state index in [1.165, 1.54) is 6.26 Å². The lowest BCUT2D eigenvalue weighted by molar-refractivity contribution is 0.122. The first-order chi connectivity index (χ1) is 17.8. The monoisotopic (exact) mass is 541 g/mol. The maximum absolute atomic E-state index is 12.0. The summed E-state index contributed by atoms with van der Waals surface area (Å²) in [4.78, 5) is 18.1. The zero-order valence-electron chi connectivity index (χ0n) is 20.4. The molecule has 0 spiro atoms. The summed E-state index contributed by atoms with van der Waals surface area (Å²) in [7, 11) is -3.18. The fourth-order valence-corrected chi connectivity index (χ4v) is 6.80. The number of halogens is 1. The van der Waals surface area contributed by atoms with Crippen molar-refractivity contribution in [3.8, 4) is 11.3 Å². The van der Waals surface area contributed by atoms with E-state index in [2.05, 4.69) is 30.1 Å². The van der Waals surface area contributed by atoms with Crippen LogP contribution >= 0.6 is 11.6 Å². The van der Waals surface area contributed by atoms with Crippen molar-refractivity contribution < 1.29 is 13.2 Å². The second-order valence-corrected chi connectivity index (χ2v) is 11.9. The highest BCUT2D eigenvalue weighted by Gasteiger charge is 2.47. The van der Waals surface area contributed by atoms with Crippen LogP contribution in [0.3, 0.4) is 0 Å². The number of morpholine rings is 1. The number of pyridine rings is 1. The van der Waals surface area contributed by atoms with E-state index in [0.29, 0.717) is 24.1 Å². The molecule has 1 N–H and O–H groups in total. The summed E-state index contributed by atoms with van der Waals surface area (Å²) in [6.07, 6.45) is 5.65. The molecule has 0 radical (unpaired) electrons. The van der Waals surface area contributed by atoms with Crippen molar-refractivity contribution in [2.45, 2.75) is 18.5 Å². The Hall–Kier alpha value is -2.99. The van der Waals surface area contributed by atoms with E-state index in [1.807, 2.05) is 42.6 Å². The van der Waals surface area contributed by atoms with E-state index in [9.17, 15) is 8.42 Å². The second kappa shape index (κ2) is 9.71. The van der Waals surface area contributed by atoms with Crippen molar-refractivity contribution in [3.63, 3.8) is 0 Å². The van der Waals surface area contributed by atoms with Gasteiger partial charge in [-0.2, -0.15) is 4.31 Å². The maximum Gasteiger partial charge on any atom is 0.227 e. The van der Waals surface area contributed by atoms with Crippen LogP contribution in [0.15, 0.2) is 48.8 Å². The summed E-state index contributed by atoms with van der Waals surface area (Å²) in [6, 6.07) is 11.8. The SMILES string of the molecule is CS(=O)(=O)N1CC2CC1CN2c1ccc(Nc2nccc(-c3ccc(N4CCOCC4)nc3)n2)cc1Cl. The lowest BCUT2D eigenvalue weighted by Gasteiger charge is -2.34. The Morgan fingerprint density at radius 1 is 1.05 bits per heavy atom. The van der Waals surface area contributed by atoms with Gasteiger partial charge in [-0.05, 0) is 42.8 Å². The van der Waals surface area contributed by atoms with Gasteiger partial charge < -0.3 is 19.9 Å². The largest absolute Gasteiger partial charge is 0.378 e. The Morgan fingerprint density at radius 3 is 2.57 bits per heavy atom. The molecule has 3 aliphatic heterocycles. The van der Waals surface area contributed by atoms with E-state index >= 15 is 0 Å². The molecule has 2 aromatic heterocycles. The third-order valence-corrected chi connectivity index (χ3v) is 8.77. The van der Waals surface area contributed by atoms with Gasteiger partial charge in [0.15, 0.2) is 0 Å². The molecule has 2 bridgehead atoms. The molecule has 0 aliphatic carbocycles. The van der Waals surface area contributed by atoms with Crippen molar-refractivity contribution in [2.24, 2.45) is 0 Å². The number of aromatic nitrogens is 3. The molecule has 3 aliphatic rings. The number of nitrogens with one attached hydrogen (secondary N) is 1. The Morgan fingerprint density at radius 2 is 1.89 bits per heavy atom. The van der Waals surface area contributed by atoms with Crippen LogP contribution in [0.4, 0.5) is 23.1 Å². The standard InChI is InChI=1S/C25H28ClN7O3S/c1-37(34,35)33-16-19-13-20(33)15-32(19)23-4-3-18(12-21(23)26)29-25-27-7-6-22(30-25)17-2-5-24(28-14-17)31-8-10-36-11-9-31/h2-7,12,14,19-20H,8-11,13,15-16H2,1H3,(H,27,29,30). The molecule has 12 heteroatoms. The van der Waals surface area contributed by atoms with Crippen molar-refractivity contribution in [2.75, 3.05) is 60.8 Å². The average molecular weight is 542 g/mol. The fraction of sp³-hybridized carbons (Fsp3) is 0.400. The molecule has 3 saturated heterocycles. The van der Waals surface area contributed by atoms with Crippen molar-refractivity contribution in [3.05, 3.63) is 53.8 Å². The maximum atomic E-state index is 12.0. The number of ether oxygens (including phenoxy) is 1. The van der Waals surface area contributed by atoms with Gasteiger partial charge >= 0.3 is 0 Å². The van der Waals surface area contributed by atoms with Crippen LogP contribution in [0.25, 0.3) is 11.3 Å². The number of piperazine rings is 1. The van der Waals surface area contributed by atoms with Gasteiger partial charge in [-0.1, -0.05) is 11.6 Å². The third-order valence-electron chi connectivity index (χ3n) is 7.16. The van der Waals surface area contributed by atoms with Gasteiger partial charge in [-0.15, -0.1) is 0 Å². The summed E-state index contributed by atoms with van der Waals surface area (Å²) < 4.78 is 31.0. The summed E-state index contributed by atoms with van der Waals surface area (Å²) in [5.41, 5.74) is 3.36. The van der Waals surface area contributed by atoms with Gasteiger partial charge in [-0.25, -0.2) is 23.4 Å². The minimum absolute atomic E-state index is 0.00225. The first-order valence-electron chi connectivity index (χ1n) is 12.3. The first kappa shape index (κ1) is 24.4. The summed E-state index contributed by atoms with van der Waals surface area (Å²) >= 11 is 6.67. The molecule has 10 nitrogen and oxygen atoms in total. The second-order valence-electron chi connectivity index (χ2n) is 9.59. The predicted molar refractivity (Wildman–Crippen MR) is 144 cm³/mol. The summed E-state index contributed by atoms with van der Waals surface area (Å²) in [5, 5.41) is 3.84. The highest BCUT2D eigenvalue weighted by molar-refractivity contribution is 7.88. The first-order valence-corrected chi connectivity index (χ1v) is 14.5. The molecule has 3 fully saturated rings. The highest BCUT2D eigenvalue weighted by Crippen LogP contribution is 2.39. The number of hydrogen-bond donors (Lipinski definition) is 1. The van der Waals surface area contributed by atoms with Crippen molar-refractivity contribution >= 4 is 44.8 Å². The van der Waals surface area contributed by atoms with Crippen molar-refractivity contribution in [1.82, 2.24) is 19.3 Å². The van der Waals surface area contributed by atoms with Gasteiger partial charge in [0.25, 0.3) is 0 Å². The Kier molecular flexibility index (Phi) is 6.39. The Bertz CT molecular complexity index is 1400. The van der Waals surface area contributed by atoms with Crippen LogP contribution < -0.4 is 15.1 Å². The topological polar surface area (TPSA) is 104 Å². The van der Waals surface area contributed by atoms with Crippen LogP contribution in [0, 0.1) is 0 Å². The van der Waals surface area contributed by atoms with Crippen LogP contribution in [0.2, 0.25) is 5.02 Å². The van der Waals surface area contributed by atoms with Gasteiger partial charge in [0.1, 0.15) is 5.82 Å². The molecule has 37 heavy (non-hydrogen) atoms. The van der Waals surface area contributed by atoms with Crippen LogP contribution in [0.5, 0.6) is 0 Å². The zero-order valence-corrected chi connectivity index (χ0v) is 22.0. The molecular formula is C25H28ClN7O3S. The number of fused-ring (bicyclic) bond motifs is 2. The van der Waals surface area contributed by atoms with Crippen LogP contribution in [-0.2, 0) is 14.8 Å². The Labute approximate surface area is 221 Å². The number of rotatable bonds is 6. The Balaban J connectivity index is 1.14. The smallest absolute Gasteiger partial charge is 0.227 e. The van der Waals surface area contributed by atoms with Crippen LogP contribution in [-0.4, -0.2) is 85.4 Å². The van der Waals surface area contributed by atoms with Gasteiger partial charge in [0.2, 0.25) is 16.0 Å². The van der Waals surface area contributed by atoms with E-state index < -0.39 is 10.0 Å². The van der Waals surface area contributed by atoms with E-state index in [1.54, 1.807) is 10.5 Å². The molecule has 6 rings (SSSR count). The van der Waals surface area contributed by atoms with E-state index in [4.69, 9.17) is 16.3 Å². The molecule has 1 aromatic carbocycles. The number of hydrogen-bond acceptors (Lipinski definition) is 9. The zero-order chi connectivity index (χ0) is 25.6. The third kappa shape index (κ3) is 4.96. The molecule has 0 saturated carbocycles. The van der Waals surface area contributed by atoms with Gasteiger partial charge in [0, 0.05) is 61.9 Å². The van der Waals surface area contributed by atoms with E-state index in [0.717, 1.165) is 61.2 Å². The normalized spacial score (nSPS) is 22.0. The van der Waals surface area contributed by atoms with Crippen molar-refractivity contribution in [1.29, 1.82) is 0 Å². The van der Waals surface area contributed by atoms with Crippen LogP contribution in [0.1, 0.15) is 6.42 Å². The molecule has 2 atom stereocenters. The minimum Gasteiger partial charge on any atom is -0.378 e. The number of anilines is 4. The minimum atomic E-state index is -3.18. The number of benzene rings is 1. The molecular weight excluding hydrogens is 514 g/mol. The molecule has 3 aromatic rings. The quantitative estimate of drug-likeness (QED) is 0.504. The van der Waals surface area contributed by atoms with E-state index in [-0.39, 0.29) is 12.1 Å². The lowest BCUT2D eigenvalue weighted by atomic mass is 10.2. The molecule has 2 unspecified atom stereocenters. The summed E-state index contributed by atoms with van der Waals surface area (Å²) in [5.74, 6) is 1.40. The molecule has 5 heterocycles. The fourth-order valence-electron chi connectivity index (χ4n) is 5.38. The highest BCUT2D eigenvalue weighted by atomic mass is 35.5. The molecule has 194 valence electrons. The summed E-state index contributed by atoms with van der Waals surface area (Å²) in [6.45, 7) is 4.27. The number of sulfonamides is 1. The van der Waals surface area contributed by atoms with Gasteiger partial charge in [-0.3, -0.25) is 0 Å². The number of nitrogens with zero attached hydrogens (tertiary/aromatic N) is 6. The molecule has 0 amide bonds. The average Bonchev–Trinajstić information content (AvgIpc) is 3.51.